The number of para-hydroxylation sites is 1. The van der Waals surface area contributed by atoms with Crippen LogP contribution in [0.2, 0.25) is 0 Å². The number of hydrogen-bond donors (Lipinski definition) is 2. The average molecular weight is 303 g/mol. The van der Waals surface area contributed by atoms with Crippen molar-refractivity contribution in [3.05, 3.63) is 29.3 Å². The number of benzene rings is 1. The Balaban J connectivity index is 1.45. The minimum Gasteiger partial charge on any atom is -0.390 e. The van der Waals surface area contributed by atoms with Gasteiger partial charge < -0.3 is 10.4 Å². The number of aromatic nitrogens is 1. The second-order valence-corrected chi connectivity index (χ2v) is 7.19. The summed E-state index contributed by atoms with van der Waals surface area (Å²) in [7, 11) is 0. The molecule has 2 atom stereocenters. The molecule has 112 valence electrons. The molecule has 2 aromatic rings. The number of likely N-dealkylation sites (tertiary alicyclic amines) is 1. The van der Waals surface area contributed by atoms with Crippen LogP contribution in [-0.4, -0.2) is 53.3 Å². The van der Waals surface area contributed by atoms with Crippen molar-refractivity contribution in [3.63, 3.8) is 0 Å². The van der Waals surface area contributed by atoms with E-state index in [0.29, 0.717) is 12.0 Å². The molecule has 1 aromatic carbocycles. The maximum absolute atomic E-state index is 10.0. The van der Waals surface area contributed by atoms with Crippen LogP contribution in [0.15, 0.2) is 24.3 Å². The first-order valence-corrected chi connectivity index (χ1v) is 8.61. The molecule has 0 aliphatic carbocycles. The van der Waals surface area contributed by atoms with Crippen molar-refractivity contribution in [1.29, 1.82) is 0 Å². The van der Waals surface area contributed by atoms with Gasteiger partial charge in [0.1, 0.15) is 0 Å². The van der Waals surface area contributed by atoms with Crippen LogP contribution in [0.25, 0.3) is 10.2 Å². The van der Waals surface area contributed by atoms with Crippen LogP contribution in [0.5, 0.6) is 0 Å². The molecular weight excluding hydrogens is 282 g/mol. The standard InChI is InChI=1S/C16H21N3OS/c20-14-10-17-9-13(14)19-7-5-11(6-8-19)16-18-12-3-1-2-4-15(12)21-16/h1-4,11,13-14,17,20H,5-10H2. The summed E-state index contributed by atoms with van der Waals surface area (Å²) in [6, 6.07) is 8.71. The van der Waals surface area contributed by atoms with Crippen LogP contribution in [0, 0.1) is 0 Å². The molecule has 2 saturated heterocycles. The number of nitrogens with zero attached hydrogens (tertiary/aromatic N) is 2. The minimum absolute atomic E-state index is 0.205. The van der Waals surface area contributed by atoms with Crippen molar-refractivity contribution in [2.45, 2.75) is 30.9 Å². The fourth-order valence-electron chi connectivity index (χ4n) is 3.57. The van der Waals surface area contributed by atoms with Gasteiger partial charge in [-0.15, -0.1) is 11.3 Å². The number of fused-ring (bicyclic) bond motifs is 1. The van der Waals surface area contributed by atoms with Crippen LogP contribution in [0.1, 0.15) is 23.8 Å². The summed E-state index contributed by atoms with van der Waals surface area (Å²) in [6.45, 7) is 3.81. The summed E-state index contributed by atoms with van der Waals surface area (Å²) in [6.07, 6.45) is 2.11. The van der Waals surface area contributed by atoms with E-state index in [-0.39, 0.29) is 6.10 Å². The molecule has 21 heavy (non-hydrogen) atoms. The second-order valence-electron chi connectivity index (χ2n) is 6.12. The number of rotatable bonds is 2. The lowest BCUT2D eigenvalue weighted by Crippen LogP contribution is -2.46. The number of β-amino-alcohol motifs (C(OH)–C–C–N with tert-alkyl or cyclic N) is 1. The molecule has 0 spiro atoms. The molecule has 4 nitrogen and oxygen atoms in total. The molecule has 2 N–H and O–H groups in total. The monoisotopic (exact) mass is 303 g/mol. The van der Waals surface area contributed by atoms with Crippen molar-refractivity contribution < 1.29 is 5.11 Å². The van der Waals surface area contributed by atoms with Crippen molar-refractivity contribution in [3.8, 4) is 0 Å². The number of hydrogen-bond acceptors (Lipinski definition) is 5. The van der Waals surface area contributed by atoms with Gasteiger partial charge in [-0.1, -0.05) is 12.1 Å². The zero-order valence-electron chi connectivity index (χ0n) is 12.0. The van der Waals surface area contributed by atoms with Gasteiger partial charge in [0.05, 0.1) is 21.3 Å². The van der Waals surface area contributed by atoms with Gasteiger partial charge in [-0.2, -0.15) is 0 Å². The molecule has 2 unspecified atom stereocenters. The summed E-state index contributed by atoms with van der Waals surface area (Å²) >= 11 is 1.85. The Hall–Kier alpha value is -1.01. The molecule has 2 aliphatic heterocycles. The minimum atomic E-state index is -0.205. The first-order chi connectivity index (χ1) is 10.3. The lowest BCUT2D eigenvalue weighted by Gasteiger charge is -2.36. The fourth-order valence-corrected chi connectivity index (χ4v) is 4.70. The molecule has 4 rings (SSSR count). The average Bonchev–Trinajstić information content (AvgIpc) is 3.13. The van der Waals surface area contributed by atoms with E-state index in [1.165, 1.54) is 9.71 Å². The topological polar surface area (TPSA) is 48.4 Å². The quantitative estimate of drug-likeness (QED) is 0.888. The van der Waals surface area contributed by atoms with E-state index in [4.69, 9.17) is 4.98 Å². The zero-order valence-corrected chi connectivity index (χ0v) is 12.9. The highest BCUT2D eigenvalue weighted by atomic mass is 32.1. The third-order valence-electron chi connectivity index (χ3n) is 4.81. The highest BCUT2D eigenvalue weighted by molar-refractivity contribution is 7.18. The van der Waals surface area contributed by atoms with Crippen LogP contribution in [0.4, 0.5) is 0 Å². The third kappa shape index (κ3) is 2.59. The number of aliphatic hydroxyl groups is 1. The van der Waals surface area contributed by atoms with Gasteiger partial charge in [0.2, 0.25) is 0 Å². The normalized spacial score (nSPS) is 28.4. The van der Waals surface area contributed by atoms with E-state index >= 15 is 0 Å². The number of aliphatic hydroxyl groups excluding tert-OH is 1. The predicted molar refractivity (Wildman–Crippen MR) is 85.8 cm³/mol. The van der Waals surface area contributed by atoms with E-state index in [1.54, 1.807) is 0 Å². The largest absolute Gasteiger partial charge is 0.390 e. The molecule has 2 aliphatic rings. The highest BCUT2D eigenvalue weighted by Crippen LogP contribution is 2.34. The Kier molecular flexibility index (Phi) is 3.67. The Labute approximate surface area is 128 Å². The van der Waals surface area contributed by atoms with Crippen molar-refractivity contribution in [2.75, 3.05) is 26.2 Å². The molecule has 3 heterocycles. The van der Waals surface area contributed by atoms with Gasteiger partial charge in [0.15, 0.2) is 0 Å². The summed E-state index contributed by atoms with van der Waals surface area (Å²) in [4.78, 5) is 7.27. The first kappa shape index (κ1) is 13.6. The highest BCUT2D eigenvalue weighted by Gasteiger charge is 2.33. The number of piperidine rings is 1. The number of thiazole rings is 1. The molecule has 0 radical (unpaired) electrons. The van der Waals surface area contributed by atoms with Gasteiger partial charge in [-0.05, 0) is 38.1 Å². The van der Waals surface area contributed by atoms with Gasteiger partial charge >= 0.3 is 0 Å². The van der Waals surface area contributed by atoms with Gasteiger partial charge in [0.25, 0.3) is 0 Å². The third-order valence-corrected chi connectivity index (χ3v) is 6.01. The van der Waals surface area contributed by atoms with E-state index in [9.17, 15) is 5.11 Å². The fraction of sp³-hybridized carbons (Fsp3) is 0.562. The maximum atomic E-state index is 10.0. The van der Waals surface area contributed by atoms with Gasteiger partial charge in [-0.25, -0.2) is 4.98 Å². The van der Waals surface area contributed by atoms with Gasteiger partial charge in [0, 0.05) is 25.0 Å². The second kappa shape index (κ2) is 5.65. The molecule has 0 bridgehead atoms. The maximum Gasteiger partial charge on any atom is 0.0970 e. The van der Waals surface area contributed by atoms with E-state index < -0.39 is 0 Å². The van der Waals surface area contributed by atoms with Gasteiger partial charge in [-0.3, -0.25) is 4.90 Å². The van der Waals surface area contributed by atoms with E-state index in [2.05, 4.69) is 34.5 Å². The summed E-state index contributed by atoms with van der Waals surface area (Å²) in [5.41, 5.74) is 1.13. The Morgan fingerprint density at radius 3 is 2.71 bits per heavy atom. The van der Waals surface area contributed by atoms with Crippen LogP contribution < -0.4 is 5.32 Å². The van der Waals surface area contributed by atoms with Crippen molar-refractivity contribution >= 4 is 21.6 Å². The molecule has 2 fully saturated rings. The predicted octanol–water partition coefficient (Wildman–Crippen LogP) is 1.81. The number of nitrogens with one attached hydrogen (secondary N) is 1. The molecule has 1 aromatic heterocycles. The van der Waals surface area contributed by atoms with Crippen LogP contribution >= 0.6 is 11.3 Å². The Morgan fingerprint density at radius 1 is 1.19 bits per heavy atom. The molecule has 0 saturated carbocycles. The van der Waals surface area contributed by atoms with E-state index in [0.717, 1.165) is 44.5 Å². The van der Waals surface area contributed by atoms with Crippen LogP contribution in [-0.2, 0) is 0 Å². The summed E-state index contributed by atoms with van der Waals surface area (Å²) in [5.74, 6) is 0.588. The van der Waals surface area contributed by atoms with E-state index in [1.807, 2.05) is 11.3 Å². The SMILES string of the molecule is OC1CNCC1N1CCC(c2nc3ccccc3s2)CC1. The summed E-state index contributed by atoms with van der Waals surface area (Å²) in [5, 5.41) is 14.6. The molecule has 0 amide bonds. The molecule has 5 heteroatoms. The van der Waals surface area contributed by atoms with Crippen molar-refractivity contribution in [1.82, 2.24) is 15.2 Å². The Morgan fingerprint density at radius 2 is 2.00 bits per heavy atom. The van der Waals surface area contributed by atoms with Crippen LogP contribution in [0.3, 0.4) is 0 Å². The lowest BCUT2D eigenvalue weighted by atomic mass is 9.96. The smallest absolute Gasteiger partial charge is 0.0970 e. The lowest BCUT2D eigenvalue weighted by molar-refractivity contribution is 0.0664. The first-order valence-electron chi connectivity index (χ1n) is 7.79. The zero-order chi connectivity index (χ0) is 14.2. The Bertz CT molecular complexity index is 588. The van der Waals surface area contributed by atoms with Crippen molar-refractivity contribution in [2.24, 2.45) is 0 Å². The summed E-state index contributed by atoms with van der Waals surface area (Å²) < 4.78 is 1.30. The molecular formula is C16H21N3OS.